The molecule has 73 heavy (non-hydrogen) atoms. The third-order valence-electron chi connectivity index (χ3n) is 14.4. The van der Waals surface area contributed by atoms with Gasteiger partial charge in [0.15, 0.2) is 0 Å². The molecular formula is C68H58N4O. The number of hydrogen-bond donors (Lipinski definition) is 0. The second-order valence-electron chi connectivity index (χ2n) is 21.3. The number of benzene rings is 9. The Hall–Kier alpha value is -8.67. The number of rotatable bonds is 9. The Morgan fingerprint density at radius 1 is 0.411 bits per heavy atom. The van der Waals surface area contributed by atoms with E-state index in [0.29, 0.717) is 6.67 Å². The maximum atomic E-state index is 6.94. The lowest BCUT2D eigenvalue weighted by atomic mass is 9.82. The van der Waals surface area contributed by atoms with Gasteiger partial charge in [0, 0.05) is 51.5 Å². The van der Waals surface area contributed by atoms with Crippen molar-refractivity contribution in [3.63, 3.8) is 0 Å². The summed E-state index contributed by atoms with van der Waals surface area (Å²) in [6.45, 7) is 14.3. The zero-order valence-corrected chi connectivity index (χ0v) is 42.3. The van der Waals surface area contributed by atoms with Gasteiger partial charge in [-0.1, -0.05) is 199 Å². The SMILES string of the molecule is CC(C)(C)c1ccc(-c2ccc3c(c2)c2ccc(Oc4cccc(N5CN(c6c(-c7ccccc7)cccc6-c6ccccc6)c6ccccc65)c4)cc2n3-c2cc(C(C)(C)C)c(-c3ccccc3)cn2)cc1. The number of hydrogen-bond acceptors (Lipinski definition) is 4. The molecule has 9 aromatic carbocycles. The van der Waals surface area contributed by atoms with Gasteiger partial charge in [-0.15, -0.1) is 0 Å². The van der Waals surface area contributed by atoms with Crippen molar-refractivity contribution >= 4 is 44.6 Å². The predicted octanol–water partition coefficient (Wildman–Crippen LogP) is 18.5. The average Bonchev–Trinajstić information content (AvgIpc) is 3.96. The van der Waals surface area contributed by atoms with Crippen molar-refractivity contribution < 1.29 is 4.74 Å². The summed E-state index contributed by atoms with van der Waals surface area (Å²) in [4.78, 5) is 10.1. The van der Waals surface area contributed by atoms with Gasteiger partial charge in [-0.2, -0.15) is 0 Å². The van der Waals surface area contributed by atoms with Crippen molar-refractivity contribution in [3.8, 4) is 61.8 Å². The van der Waals surface area contributed by atoms with E-state index in [1.54, 1.807) is 0 Å². The number of nitrogens with zero attached hydrogens (tertiary/aromatic N) is 4. The van der Waals surface area contributed by atoms with E-state index in [2.05, 4.69) is 287 Å². The van der Waals surface area contributed by atoms with Gasteiger partial charge in [0.05, 0.1) is 28.1 Å². The smallest absolute Gasteiger partial charge is 0.137 e. The van der Waals surface area contributed by atoms with Crippen molar-refractivity contribution in [3.05, 3.63) is 242 Å². The molecule has 0 radical (unpaired) electrons. The Labute approximate surface area is 429 Å². The van der Waals surface area contributed by atoms with Crippen molar-refractivity contribution in [1.82, 2.24) is 9.55 Å². The highest BCUT2D eigenvalue weighted by molar-refractivity contribution is 6.11. The standard InChI is InChI=1S/C68H58N4O/c1-67(2,3)51-35-32-46(33-36-51)50-34-39-61-58(40-50)57-38-37-54(42-64(57)72(61)65-43-60(68(4,5)6)59(44-69-65)49-24-14-9-15-25-49)73-53-27-18-26-52(41-53)70-45-71(63-31-17-16-30-62(63)70)66-55(47-20-10-7-11-21-47)28-19-29-56(66)48-22-12-8-13-23-48/h7-44H,45H2,1-6H3. The molecule has 0 bridgehead atoms. The number of aromatic nitrogens is 2. The van der Waals surface area contributed by atoms with Crippen LogP contribution in [0.4, 0.5) is 22.7 Å². The molecule has 2 aromatic heterocycles. The normalized spacial score (nSPS) is 12.7. The van der Waals surface area contributed by atoms with Crippen LogP contribution in [0.1, 0.15) is 52.7 Å². The summed E-state index contributed by atoms with van der Waals surface area (Å²) >= 11 is 0. The largest absolute Gasteiger partial charge is 0.457 e. The van der Waals surface area contributed by atoms with E-state index in [0.717, 1.165) is 67.3 Å². The van der Waals surface area contributed by atoms with Gasteiger partial charge in [-0.3, -0.25) is 4.57 Å². The molecular weight excluding hydrogens is 889 g/mol. The van der Waals surface area contributed by atoms with Gasteiger partial charge < -0.3 is 14.5 Å². The second-order valence-corrected chi connectivity index (χ2v) is 21.3. The summed E-state index contributed by atoms with van der Waals surface area (Å²) < 4.78 is 9.26. The molecule has 1 aliphatic rings. The average molecular weight is 947 g/mol. The third kappa shape index (κ3) is 8.51. The van der Waals surface area contributed by atoms with Crippen LogP contribution in [0, 0.1) is 0 Å². The minimum absolute atomic E-state index is 0.0789. The van der Waals surface area contributed by atoms with Gasteiger partial charge in [-0.25, -0.2) is 4.98 Å². The highest BCUT2D eigenvalue weighted by Crippen LogP contribution is 2.50. The Bertz CT molecular complexity index is 3750. The van der Waals surface area contributed by atoms with E-state index in [4.69, 9.17) is 9.72 Å². The highest BCUT2D eigenvalue weighted by Gasteiger charge is 2.32. The molecule has 356 valence electrons. The van der Waals surface area contributed by atoms with Crippen molar-refractivity contribution in [2.75, 3.05) is 16.5 Å². The number of para-hydroxylation sites is 3. The summed E-state index contributed by atoms with van der Waals surface area (Å²) in [5.41, 5.74) is 18.5. The van der Waals surface area contributed by atoms with Crippen LogP contribution in [0.3, 0.4) is 0 Å². The Balaban J connectivity index is 0.945. The lowest BCUT2D eigenvalue weighted by Crippen LogP contribution is -2.24. The van der Waals surface area contributed by atoms with Crippen LogP contribution in [0.2, 0.25) is 0 Å². The molecule has 0 fully saturated rings. The number of anilines is 4. The van der Waals surface area contributed by atoms with Crippen LogP contribution >= 0.6 is 0 Å². The van der Waals surface area contributed by atoms with Gasteiger partial charge in [0.25, 0.3) is 0 Å². The molecule has 12 rings (SSSR count). The lowest BCUT2D eigenvalue weighted by molar-refractivity contribution is 0.483. The molecule has 5 heteroatoms. The van der Waals surface area contributed by atoms with E-state index in [-0.39, 0.29) is 10.8 Å². The molecule has 0 saturated heterocycles. The zero-order chi connectivity index (χ0) is 49.8. The molecule has 0 atom stereocenters. The molecule has 0 unspecified atom stereocenters. The number of ether oxygens (including phenoxy) is 1. The van der Waals surface area contributed by atoms with Crippen molar-refractivity contribution in [2.45, 2.75) is 52.4 Å². The van der Waals surface area contributed by atoms with Crippen LogP contribution in [-0.4, -0.2) is 16.2 Å². The maximum Gasteiger partial charge on any atom is 0.137 e. The quantitative estimate of drug-likeness (QED) is 0.144. The Morgan fingerprint density at radius 3 is 1.62 bits per heavy atom. The van der Waals surface area contributed by atoms with Crippen LogP contribution in [0.5, 0.6) is 11.5 Å². The predicted molar refractivity (Wildman–Crippen MR) is 306 cm³/mol. The van der Waals surface area contributed by atoms with Crippen LogP contribution < -0.4 is 14.5 Å². The summed E-state index contributed by atoms with van der Waals surface area (Å²) in [5, 5.41) is 2.30. The molecule has 0 N–H and O–H groups in total. The van der Waals surface area contributed by atoms with Crippen molar-refractivity contribution in [1.29, 1.82) is 0 Å². The van der Waals surface area contributed by atoms with E-state index in [9.17, 15) is 0 Å². The summed E-state index contributed by atoms with van der Waals surface area (Å²) in [5.74, 6) is 2.37. The molecule has 0 amide bonds. The first-order chi connectivity index (χ1) is 35.5. The second kappa shape index (κ2) is 18.2. The topological polar surface area (TPSA) is 33.5 Å². The molecule has 0 aliphatic carbocycles. The maximum absolute atomic E-state index is 6.94. The monoisotopic (exact) mass is 946 g/mol. The van der Waals surface area contributed by atoms with Gasteiger partial charge in [0.1, 0.15) is 24.0 Å². The van der Waals surface area contributed by atoms with Gasteiger partial charge in [-0.05, 0) is 104 Å². The van der Waals surface area contributed by atoms with Gasteiger partial charge >= 0.3 is 0 Å². The van der Waals surface area contributed by atoms with E-state index < -0.39 is 0 Å². The first-order valence-electron chi connectivity index (χ1n) is 25.4. The fourth-order valence-corrected chi connectivity index (χ4v) is 10.7. The van der Waals surface area contributed by atoms with Crippen LogP contribution in [0.25, 0.3) is 72.1 Å². The molecule has 0 spiro atoms. The fourth-order valence-electron chi connectivity index (χ4n) is 10.7. The van der Waals surface area contributed by atoms with Crippen LogP contribution in [0.15, 0.2) is 231 Å². The van der Waals surface area contributed by atoms with E-state index in [1.165, 1.54) is 50.2 Å². The summed E-state index contributed by atoms with van der Waals surface area (Å²) in [6.07, 6.45) is 2.06. The molecule has 1 aliphatic heterocycles. The Morgan fingerprint density at radius 2 is 0.986 bits per heavy atom. The summed E-state index contributed by atoms with van der Waals surface area (Å²) in [6, 6.07) is 80.6. The third-order valence-corrected chi connectivity index (χ3v) is 14.4. The highest BCUT2D eigenvalue weighted by atomic mass is 16.5. The zero-order valence-electron chi connectivity index (χ0n) is 42.3. The minimum atomic E-state index is -0.143. The lowest BCUT2D eigenvalue weighted by Gasteiger charge is -2.27. The molecule has 5 nitrogen and oxygen atoms in total. The summed E-state index contributed by atoms with van der Waals surface area (Å²) in [7, 11) is 0. The molecule has 3 heterocycles. The molecule has 0 saturated carbocycles. The number of fused-ring (bicyclic) bond motifs is 4. The van der Waals surface area contributed by atoms with Crippen LogP contribution in [-0.2, 0) is 10.8 Å². The fraction of sp³-hybridized carbons (Fsp3) is 0.132. The van der Waals surface area contributed by atoms with E-state index >= 15 is 0 Å². The van der Waals surface area contributed by atoms with Gasteiger partial charge in [0.2, 0.25) is 0 Å². The first-order valence-corrected chi connectivity index (χ1v) is 25.4. The van der Waals surface area contributed by atoms with Crippen molar-refractivity contribution in [2.24, 2.45) is 0 Å². The van der Waals surface area contributed by atoms with E-state index in [1.807, 2.05) is 0 Å². The first kappa shape index (κ1) is 45.5. The Kier molecular flexibility index (Phi) is 11.3. The minimum Gasteiger partial charge on any atom is -0.457 e. The number of pyridine rings is 1. The molecule has 11 aromatic rings.